The van der Waals surface area contributed by atoms with Crippen LogP contribution in [0.25, 0.3) is 0 Å². The Balaban J connectivity index is 2.64. The summed E-state index contributed by atoms with van der Waals surface area (Å²) in [7, 11) is 1.61. The van der Waals surface area contributed by atoms with Gasteiger partial charge in [-0.05, 0) is 26.0 Å². The summed E-state index contributed by atoms with van der Waals surface area (Å²) in [5.74, 6) is 5.48. The number of nitrogen functional groups attached to an aromatic ring is 1. The molecule has 0 radical (unpaired) electrons. The number of nitrogens with zero attached hydrogens (tertiary/aromatic N) is 1. The van der Waals surface area contributed by atoms with Crippen LogP contribution in [0.4, 0.5) is 5.82 Å². The summed E-state index contributed by atoms with van der Waals surface area (Å²) < 4.78 is 5.21. The molecule has 0 spiro atoms. The van der Waals surface area contributed by atoms with E-state index < -0.39 is 5.60 Å². The molecule has 0 fully saturated rings. The van der Waals surface area contributed by atoms with E-state index in [2.05, 4.69) is 15.7 Å². The molecule has 0 saturated heterocycles. The van der Waals surface area contributed by atoms with Gasteiger partial charge in [-0.1, -0.05) is 0 Å². The predicted octanol–water partition coefficient (Wildman–Crippen LogP) is 0.522. The van der Waals surface area contributed by atoms with Gasteiger partial charge in [-0.15, -0.1) is 0 Å². The van der Waals surface area contributed by atoms with Crippen molar-refractivity contribution >= 4 is 11.7 Å². The van der Waals surface area contributed by atoms with E-state index in [0.717, 1.165) is 0 Å². The average Bonchev–Trinajstić information content (AvgIpc) is 2.36. The third-order valence-electron chi connectivity index (χ3n) is 2.40. The minimum atomic E-state index is -0.391. The fourth-order valence-electron chi connectivity index (χ4n) is 1.12. The van der Waals surface area contributed by atoms with E-state index in [4.69, 9.17) is 10.6 Å². The van der Waals surface area contributed by atoms with Crippen molar-refractivity contribution in [3.63, 3.8) is 0 Å². The number of nitrogens with one attached hydrogen (secondary N) is 2. The molecule has 1 rings (SSSR count). The molecule has 6 heteroatoms. The Bertz CT molecular complexity index is 393. The maximum Gasteiger partial charge on any atom is 0.251 e. The molecular weight excluding hydrogens is 220 g/mol. The lowest BCUT2D eigenvalue weighted by Crippen LogP contribution is -2.39. The number of rotatable bonds is 5. The normalized spacial score (nSPS) is 11.1. The van der Waals surface area contributed by atoms with Gasteiger partial charge in [0.25, 0.3) is 5.91 Å². The van der Waals surface area contributed by atoms with E-state index >= 15 is 0 Å². The standard InChI is InChI=1S/C11H18N4O2/c1-11(2,17-3)7-14-10(16)8-4-5-13-9(6-8)15-12/h4-6H,7,12H2,1-3H3,(H,13,15)(H,14,16). The number of hydrogen-bond acceptors (Lipinski definition) is 5. The summed E-state index contributed by atoms with van der Waals surface area (Å²) in [6.45, 7) is 4.22. The fraction of sp³-hybridized carbons (Fsp3) is 0.455. The zero-order chi connectivity index (χ0) is 12.9. The number of nitrogens with two attached hydrogens (primary N) is 1. The number of amides is 1. The lowest BCUT2D eigenvalue weighted by Gasteiger charge is -2.23. The smallest absolute Gasteiger partial charge is 0.251 e. The number of anilines is 1. The number of aromatic nitrogens is 1. The summed E-state index contributed by atoms with van der Waals surface area (Å²) >= 11 is 0. The van der Waals surface area contributed by atoms with E-state index in [1.807, 2.05) is 13.8 Å². The molecule has 0 aliphatic heterocycles. The molecule has 6 nitrogen and oxygen atoms in total. The minimum absolute atomic E-state index is 0.186. The molecule has 0 aromatic carbocycles. The molecule has 1 aromatic rings. The summed E-state index contributed by atoms with van der Waals surface area (Å²) in [6.07, 6.45) is 1.52. The van der Waals surface area contributed by atoms with Crippen molar-refractivity contribution in [2.45, 2.75) is 19.4 Å². The Kier molecular flexibility index (Phi) is 4.42. The van der Waals surface area contributed by atoms with Crippen LogP contribution in [0.15, 0.2) is 18.3 Å². The Morgan fingerprint density at radius 1 is 1.59 bits per heavy atom. The third-order valence-corrected chi connectivity index (χ3v) is 2.40. The Morgan fingerprint density at radius 2 is 2.29 bits per heavy atom. The predicted molar refractivity (Wildman–Crippen MR) is 65.5 cm³/mol. The summed E-state index contributed by atoms with van der Waals surface area (Å²) in [5, 5.41) is 2.78. The lowest BCUT2D eigenvalue weighted by atomic mass is 10.1. The van der Waals surface area contributed by atoms with Gasteiger partial charge >= 0.3 is 0 Å². The number of carbonyl (C=O) groups excluding carboxylic acids is 1. The van der Waals surface area contributed by atoms with Crippen molar-refractivity contribution in [3.05, 3.63) is 23.9 Å². The molecule has 0 atom stereocenters. The number of hydrazine groups is 1. The first-order chi connectivity index (χ1) is 7.98. The Morgan fingerprint density at radius 3 is 2.88 bits per heavy atom. The van der Waals surface area contributed by atoms with Crippen molar-refractivity contribution in [3.8, 4) is 0 Å². The zero-order valence-electron chi connectivity index (χ0n) is 10.3. The molecule has 0 unspecified atom stereocenters. The van der Waals surface area contributed by atoms with Gasteiger partial charge in [0.2, 0.25) is 0 Å². The van der Waals surface area contributed by atoms with Crippen molar-refractivity contribution < 1.29 is 9.53 Å². The number of pyridine rings is 1. The van der Waals surface area contributed by atoms with Crippen LogP contribution in [0.1, 0.15) is 24.2 Å². The molecule has 0 aliphatic carbocycles. The highest BCUT2D eigenvalue weighted by atomic mass is 16.5. The van der Waals surface area contributed by atoms with E-state index in [1.54, 1.807) is 19.2 Å². The van der Waals surface area contributed by atoms with Gasteiger partial charge in [0.05, 0.1) is 5.60 Å². The molecule has 0 bridgehead atoms. The number of hydrogen-bond donors (Lipinski definition) is 3. The van der Waals surface area contributed by atoms with Crippen LogP contribution in [0.3, 0.4) is 0 Å². The molecule has 1 aromatic heterocycles. The molecule has 0 aliphatic rings. The summed E-state index contributed by atoms with van der Waals surface area (Å²) in [5.41, 5.74) is 2.50. The van der Waals surface area contributed by atoms with Crippen molar-refractivity contribution in [1.29, 1.82) is 0 Å². The SMILES string of the molecule is COC(C)(C)CNC(=O)c1ccnc(NN)c1. The van der Waals surface area contributed by atoms with Gasteiger partial charge in [0, 0.05) is 25.4 Å². The van der Waals surface area contributed by atoms with E-state index in [0.29, 0.717) is 17.9 Å². The monoisotopic (exact) mass is 238 g/mol. The second-order valence-electron chi connectivity index (χ2n) is 4.22. The average molecular weight is 238 g/mol. The first-order valence-corrected chi connectivity index (χ1v) is 5.24. The van der Waals surface area contributed by atoms with Gasteiger partial charge in [0.1, 0.15) is 5.82 Å². The highest BCUT2D eigenvalue weighted by Crippen LogP contribution is 2.08. The van der Waals surface area contributed by atoms with Gasteiger partial charge in [-0.25, -0.2) is 10.8 Å². The molecule has 17 heavy (non-hydrogen) atoms. The largest absolute Gasteiger partial charge is 0.377 e. The molecule has 4 N–H and O–H groups in total. The van der Waals surface area contributed by atoms with Gasteiger partial charge in [-0.3, -0.25) is 4.79 Å². The molecule has 94 valence electrons. The second kappa shape index (κ2) is 5.60. The van der Waals surface area contributed by atoms with Crippen LogP contribution in [0.2, 0.25) is 0 Å². The van der Waals surface area contributed by atoms with Crippen molar-refractivity contribution in [1.82, 2.24) is 10.3 Å². The molecule has 0 saturated carbocycles. The van der Waals surface area contributed by atoms with Crippen LogP contribution in [-0.2, 0) is 4.74 Å². The molecule has 1 amide bonds. The second-order valence-corrected chi connectivity index (χ2v) is 4.22. The number of methoxy groups -OCH3 is 1. The highest BCUT2D eigenvalue weighted by Gasteiger charge is 2.17. The number of carbonyl (C=O) groups is 1. The zero-order valence-corrected chi connectivity index (χ0v) is 10.3. The van der Waals surface area contributed by atoms with Gasteiger partial charge in [-0.2, -0.15) is 0 Å². The first kappa shape index (κ1) is 13.4. The van der Waals surface area contributed by atoms with Gasteiger partial charge < -0.3 is 15.5 Å². The maximum absolute atomic E-state index is 11.8. The first-order valence-electron chi connectivity index (χ1n) is 5.24. The quantitative estimate of drug-likeness (QED) is 0.514. The topological polar surface area (TPSA) is 89.3 Å². The molecule has 1 heterocycles. The highest BCUT2D eigenvalue weighted by molar-refractivity contribution is 5.94. The Labute approximate surface area is 101 Å². The Hall–Kier alpha value is -1.66. The lowest BCUT2D eigenvalue weighted by molar-refractivity contribution is 0.0229. The minimum Gasteiger partial charge on any atom is -0.377 e. The number of ether oxygens (including phenoxy) is 1. The van der Waals surface area contributed by atoms with Gasteiger partial charge in [0.15, 0.2) is 0 Å². The maximum atomic E-state index is 11.8. The van der Waals surface area contributed by atoms with Crippen LogP contribution in [0, 0.1) is 0 Å². The molecular formula is C11H18N4O2. The van der Waals surface area contributed by atoms with Crippen LogP contribution in [-0.4, -0.2) is 30.1 Å². The third kappa shape index (κ3) is 4.01. The summed E-state index contributed by atoms with van der Waals surface area (Å²) in [6, 6.07) is 3.20. The van der Waals surface area contributed by atoms with Crippen LogP contribution < -0.4 is 16.6 Å². The van der Waals surface area contributed by atoms with Crippen molar-refractivity contribution in [2.75, 3.05) is 19.1 Å². The summed E-state index contributed by atoms with van der Waals surface area (Å²) in [4.78, 5) is 15.7. The van der Waals surface area contributed by atoms with Crippen LogP contribution >= 0.6 is 0 Å². The van der Waals surface area contributed by atoms with E-state index in [9.17, 15) is 4.79 Å². The van der Waals surface area contributed by atoms with Crippen LogP contribution in [0.5, 0.6) is 0 Å². The van der Waals surface area contributed by atoms with Crippen molar-refractivity contribution in [2.24, 2.45) is 5.84 Å². The van der Waals surface area contributed by atoms with E-state index in [1.165, 1.54) is 6.20 Å². The fourth-order valence-corrected chi connectivity index (χ4v) is 1.12. The van der Waals surface area contributed by atoms with E-state index in [-0.39, 0.29) is 5.91 Å².